The van der Waals surface area contributed by atoms with Crippen LogP contribution in [0.2, 0.25) is 0 Å². The molecule has 0 aliphatic rings. The van der Waals surface area contributed by atoms with E-state index in [1.54, 1.807) is 0 Å². The monoisotopic (exact) mass is 666 g/mol. The van der Waals surface area contributed by atoms with Gasteiger partial charge < -0.3 is 9.47 Å². The molecule has 0 saturated heterocycles. The number of anilines is 3. The molecule has 3 heteroatoms. The highest BCUT2D eigenvalue weighted by Gasteiger charge is 2.22. The zero-order chi connectivity index (χ0) is 33.5. The van der Waals surface area contributed by atoms with Crippen LogP contribution in [-0.2, 0) is 0 Å². The molecule has 0 bridgehead atoms. The van der Waals surface area contributed by atoms with Crippen molar-refractivity contribution >= 4 is 103 Å². The van der Waals surface area contributed by atoms with Gasteiger partial charge in [-0.3, -0.25) is 0 Å². The van der Waals surface area contributed by atoms with Crippen LogP contribution in [0, 0.1) is 0 Å². The Hall–Kier alpha value is -6.42. The van der Waals surface area contributed by atoms with E-state index in [0.717, 1.165) is 22.7 Å². The summed E-state index contributed by atoms with van der Waals surface area (Å²) in [5.74, 6) is 0. The van der Waals surface area contributed by atoms with E-state index < -0.39 is 0 Å². The Bertz CT molecular complexity index is 3150. The smallest absolute Gasteiger partial charge is 0.0782 e. The third-order valence-electron chi connectivity index (χ3n) is 10.5. The van der Waals surface area contributed by atoms with Crippen LogP contribution in [0.25, 0.3) is 80.0 Å². The van der Waals surface area contributed by atoms with Crippen molar-refractivity contribution in [3.05, 3.63) is 182 Å². The van der Waals surface area contributed by atoms with Gasteiger partial charge in [0.15, 0.2) is 0 Å². The molecule has 51 heavy (non-hydrogen) atoms. The average Bonchev–Trinajstić information content (AvgIpc) is 3.74. The molecule has 9 aromatic carbocycles. The number of thiophene rings is 1. The standard InChI is InChI=1S/C48H30N2S/c1-2-12-33(13-3-1)50-44-18-8-6-15-39(44)42-17-10-19-45(48(42)50)49(35-25-28-41-40-16-7-9-20-46(40)51-47(41)30-35)34-24-21-32-23-26-37-36-14-5-4-11-31(36)22-27-38(37)43(32)29-34/h1-30H. The quantitative estimate of drug-likeness (QED) is 0.170. The minimum absolute atomic E-state index is 1.13. The highest BCUT2D eigenvalue weighted by molar-refractivity contribution is 7.25. The fourth-order valence-electron chi connectivity index (χ4n) is 8.25. The van der Waals surface area contributed by atoms with Crippen LogP contribution in [0.4, 0.5) is 17.1 Å². The maximum absolute atomic E-state index is 2.48. The van der Waals surface area contributed by atoms with E-state index in [1.165, 1.54) is 74.3 Å². The number of para-hydroxylation sites is 3. The molecule has 11 aromatic rings. The molecule has 0 N–H and O–H groups in total. The van der Waals surface area contributed by atoms with Gasteiger partial charge in [0.25, 0.3) is 0 Å². The van der Waals surface area contributed by atoms with Crippen LogP contribution >= 0.6 is 11.3 Å². The van der Waals surface area contributed by atoms with Crippen molar-refractivity contribution in [3.63, 3.8) is 0 Å². The Kier molecular flexibility index (Phi) is 6.16. The summed E-state index contributed by atoms with van der Waals surface area (Å²) in [5, 5.41) is 12.7. The Morgan fingerprint density at radius 3 is 1.86 bits per heavy atom. The predicted molar refractivity (Wildman–Crippen MR) is 221 cm³/mol. The topological polar surface area (TPSA) is 8.17 Å². The molecule has 2 nitrogen and oxygen atoms in total. The normalized spacial score (nSPS) is 11.9. The minimum atomic E-state index is 1.13. The first-order valence-corrected chi connectivity index (χ1v) is 18.3. The van der Waals surface area contributed by atoms with E-state index >= 15 is 0 Å². The summed E-state index contributed by atoms with van der Waals surface area (Å²) in [6.45, 7) is 0. The van der Waals surface area contributed by atoms with Gasteiger partial charge in [0.1, 0.15) is 0 Å². The fraction of sp³-hybridized carbons (Fsp3) is 0. The van der Waals surface area contributed by atoms with Crippen molar-refractivity contribution in [1.82, 2.24) is 4.57 Å². The predicted octanol–water partition coefficient (Wildman–Crippen LogP) is 14.1. The molecular weight excluding hydrogens is 637 g/mol. The van der Waals surface area contributed by atoms with E-state index in [2.05, 4.69) is 191 Å². The molecule has 2 heterocycles. The first-order chi connectivity index (χ1) is 25.3. The van der Waals surface area contributed by atoms with Gasteiger partial charge in [0.05, 0.1) is 16.7 Å². The van der Waals surface area contributed by atoms with Crippen molar-refractivity contribution in [2.45, 2.75) is 0 Å². The zero-order valence-electron chi connectivity index (χ0n) is 27.6. The van der Waals surface area contributed by atoms with E-state index in [-0.39, 0.29) is 0 Å². The number of hydrogen-bond donors (Lipinski definition) is 0. The molecule has 0 aliphatic heterocycles. The van der Waals surface area contributed by atoms with Gasteiger partial charge in [-0.1, -0.05) is 127 Å². The van der Waals surface area contributed by atoms with E-state index in [1.807, 2.05) is 11.3 Å². The largest absolute Gasteiger partial charge is 0.308 e. The van der Waals surface area contributed by atoms with E-state index in [0.29, 0.717) is 0 Å². The lowest BCUT2D eigenvalue weighted by molar-refractivity contribution is 1.17. The lowest BCUT2D eigenvalue weighted by Gasteiger charge is -2.27. The van der Waals surface area contributed by atoms with Crippen LogP contribution in [0.1, 0.15) is 0 Å². The first kappa shape index (κ1) is 28.4. The molecule has 11 rings (SSSR count). The SMILES string of the molecule is c1ccc(-n2c3ccccc3c3cccc(N(c4ccc5c(c4)sc4ccccc45)c4ccc5ccc6c7ccccc7ccc6c5c4)c32)cc1. The van der Waals surface area contributed by atoms with Crippen molar-refractivity contribution in [2.24, 2.45) is 0 Å². The number of hydrogen-bond acceptors (Lipinski definition) is 2. The first-order valence-electron chi connectivity index (χ1n) is 17.4. The van der Waals surface area contributed by atoms with Crippen LogP contribution in [0.3, 0.4) is 0 Å². The number of benzene rings is 9. The molecular formula is C48H30N2S. The van der Waals surface area contributed by atoms with E-state index in [4.69, 9.17) is 0 Å². The number of nitrogens with zero attached hydrogens (tertiary/aromatic N) is 2. The average molecular weight is 667 g/mol. The van der Waals surface area contributed by atoms with Gasteiger partial charge in [-0.25, -0.2) is 0 Å². The Labute approximate surface area is 298 Å². The second kappa shape index (κ2) is 11.0. The maximum Gasteiger partial charge on any atom is 0.0782 e. The van der Waals surface area contributed by atoms with E-state index in [9.17, 15) is 0 Å². The fourth-order valence-corrected chi connectivity index (χ4v) is 9.39. The van der Waals surface area contributed by atoms with Crippen LogP contribution in [0.5, 0.6) is 0 Å². The molecule has 0 saturated carbocycles. The molecule has 0 atom stereocenters. The van der Waals surface area contributed by atoms with Crippen LogP contribution in [-0.4, -0.2) is 4.57 Å². The van der Waals surface area contributed by atoms with Gasteiger partial charge in [0, 0.05) is 48.0 Å². The van der Waals surface area contributed by atoms with Gasteiger partial charge >= 0.3 is 0 Å². The van der Waals surface area contributed by atoms with Gasteiger partial charge in [0.2, 0.25) is 0 Å². The second-order valence-electron chi connectivity index (χ2n) is 13.3. The molecule has 0 unspecified atom stereocenters. The minimum Gasteiger partial charge on any atom is -0.308 e. The Balaban J connectivity index is 1.24. The number of rotatable bonds is 4. The highest BCUT2D eigenvalue weighted by Crippen LogP contribution is 2.46. The van der Waals surface area contributed by atoms with Crippen molar-refractivity contribution in [3.8, 4) is 5.69 Å². The summed E-state index contributed by atoms with van der Waals surface area (Å²) in [4.78, 5) is 2.48. The molecule has 0 radical (unpaired) electrons. The van der Waals surface area contributed by atoms with Gasteiger partial charge in [-0.05, 0) is 86.9 Å². The summed E-state index contributed by atoms with van der Waals surface area (Å²) < 4.78 is 5.03. The summed E-state index contributed by atoms with van der Waals surface area (Å²) in [5.41, 5.74) is 6.93. The third-order valence-corrected chi connectivity index (χ3v) is 11.7. The Morgan fingerprint density at radius 2 is 0.980 bits per heavy atom. The zero-order valence-corrected chi connectivity index (χ0v) is 28.4. The molecule has 0 amide bonds. The molecule has 0 aliphatic carbocycles. The molecule has 238 valence electrons. The van der Waals surface area contributed by atoms with Crippen LogP contribution in [0.15, 0.2) is 182 Å². The molecule has 2 aromatic heterocycles. The summed E-state index contributed by atoms with van der Waals surface area (Å²) in [7, 11) is 0. The van der Waals surface area contributed by atoms with Crippen LogP contribution < -0.4 is 4.90 Å². The molecule has 0 spiro atoms. The summed E-state index contributed by atoms with van der Waals surface area (Å²) in [6, 6.07) is 66.9. The maximum atomic E-state index is 2.48. The second-order valence-corrected chi connectivity index (χ2v) is 14.4. The summed E-state index contributed by atoms with van der Waals surface area (Å²) in [6.07, 6.45) is 0. The lowest BCUT2D eigenvalue weighted by atomic mass is 9.96. The van der Waals surface area contributed by atoms with Gasteiger partial charge in [-0.2, -0.15) is 0 Å². The van der Waals surface area contributed by atoms with Crippen molar-refractivity contribution < 1.29 is 0 Å². The number of fused-ring (bicyclic) bond motifs is 11. The highest BCUT2D eigenvalue weighted by atomic mass is 32.1. The van der Waals surface area contributed by atoms with Crippen molar-refractivity contribution in [1.29, 1.82) is 0 Å². The molecule has 0 fully saturated rings. The third kappa shape index (κ3) is 4.29. The lowest BCUT2D eigenvalue weighted by Crippen LogP contribution is -2.11. The summed E-state index contributed by atoms with van der Waals surface area (Å²) >= 11 is 1.86. The Morgan fingerprint density at radius 1 is 0.373 bits per heavy atom. The number of aromatic nitrogens is 1. The van der Waals surface area contributed by atoms with Gasteiger partial charge in [-0.15, -0.1) is 11.3 Å². The van der Waals surface area contributed by atoms with Crippen molar-refractivity contribution in [2.75, 3.05) is 4.90 Å².